The van der Waals surface area contributed by atoms with Gasteiger partial charge in [-0.2, -0.15) is 0 Å². The first-order chi connectivity index (χ1) is 4.79. The Morgan fingerprint density at radius 1 is 1.40 bits per heavy atom. The maximum Gasteiger partial charge on any atom is 0.0519 e. The highest BCUT2D eigenvalue weighted by atomic mass is 32.2. The van der Waals surface area contributed by atoms with Crippen molar-refractivity contribution in [3.63, 3.8) is 0 Å². The van der Waals surface area contributed by atoms with Crippen LogP contribution in [0.15, 0.2) is 23.0 Å². The Kier molecular flexibility index (Phi) is 3.03. The molecule has 1 nitrogen and oxygen atoms in total. The Hall–Kier alpha value is -0.210. The van der Waals surface area contributed by atoms with Crippen LogP contribution in [0.4, 0.5) is 0 Å². The van der Waals surface area contributed by atoms with Crippen LogP contribution in [0.2, 0.25) is 0 Å². The summed E-state index contributed by atoms with van der Waals surface area (Å²) in [6.45, 7) is 1.85. The van der Waals surface area contributed by atoms with Gasteiger partial charge in [-0.3, -0.25) is 0 Å². The Balaban J connectivity index is 2.14. The van der Waals surface area contributed by atoms with Crippen LogP contribution < -0.4 is 0 Å². The molecule has 0 aliphatic carbocycles. The first-order valence-electron chi connectivity index (χ1n) is 3.58. The molecule has 1 atom stereocenters. The van der Waals surface area contributed by atoms with Crippen molar-refractivity contribution in [2.24, 2.45) is 0 Å². The molecule has 2 heteroatoms. The normalized spacial score (nSPS) is 22.0. The highest BCUT2D eigenvalue weighted by Crippen LogP contribution is 2.33. The Morgan fingerprint density at radius 2 is 2.00 bits per heavy atom. The molecule has 0 radical (unpaired) electrons. The summed E-state index contributed by atoms with van der Waals surface area (Å²) in [5.74, 6) is 1.14. The Bertz CT molecular complexity index is 137. The average Bonchev–Trinajstić information content (AvgIpc) is 2.34. The van der Waals surface area contributed by atoms with Crippen LogP contribution in [0.1, 0.15) is 13.3 Å². The van der Waals surface area contributed by atoms with E-state index in [4.69, 9.17) is 5.11 Å². The van der Waals surface area contributed by atoms with Crippen LogP contribution in [-0.2, 0) is 0 Å². The quantitative estimate of drug-likeness (QED) is 0.600. The van der Waals surface area contributed by atoms with Crippen LogP contribution in [-0.4, -0.2) is 17.0 Å². The largest absolute Gasteiger partial charge is 0.393 e. The van der Waals surface area contributed by atoms with Gasteiger partial charge in [-0.05, 0) is 29.9 Å². The van der Waals surface area contributed by atoms with Gasteiger partial charge in [-0.25, -0.2) is 10.9 Å². The molecule has 1 aliphatic rings. The summed E-state index contributed by atoms with van der Waals surface area (Å²) in [4.78, 5) is 0. The SMILES string of the molecule is CC(O)CC[SH]1C=CC=C1. The number of thiol groups is 1. The highest BCUT2D eigenvalue weighted by molar-refractivity contribution is 8.22. The third kappa shape index (κ3) is 2.58. The molecule has 1 unspecified atom stereocenters. The number of rotatable bonds is 3. The lowest BCUT2D eigenvalue weighted by atomic mass is 10.3. The van der Waals surface area contributed by atoms with E-state index in [-0.39, 0.29) is 17.0 Å². The van der Waals surface area contributed by atoms with Crippen LogP contribution in [0, 0.1) is 0 Å². The lowest BCUT2D eigenvalue weighted by Gasteiger charge is -2.10. The molecule has 1 heterocycles. The fraction of sp³-hybridized carbons (Fsp3) is 0.500. The van der Waals surface area contributed by atoms with Gasteiger partial charge in [0.15, 0.2) is 0 Å². The number of aliphatic hydroxyl groups is 1. The molecule has 1 rings (SSSR count). The molecular formula is C8H14OS. The summed E-state index contributed by atoms with van der Waals surface area (Å²) in [6, 6.07) is 0. The lowest BCUT2D eigenvalue weighted by Crippen LogP contribution is -2.01. The zero-order valence-corrected chi connectivity index (χ0v) is 7.09. The third-order valence-electron chi connectivity index (χ3n) is 1.47. The van der Waals surface area contributed by atoms with Crippen molar-refractivity contribution >= 4 is 10.9 Å². The summed E-state index contributed by atoms with van der Waals surface area (Å²) >= 11 is 0. The van der Waals surface area contributed by atoms with Gasteiger partial charge in [0.25, 0.3) is 0 Å². The van der Waals surface area contributed by atoms with Gasteiger partial charge in [0.2, 0.25) is 0 Å². The summed E-state index contributed by atoms with van der Waals surface area (Å²) in [5.41, 5.74) is 0. The number of hydrogen-bond acceptors (Lipinski definition) is 1. The van der Waals surface area contributed by atoms with Crippen molar-refractivity contribution in [2.75, 3.05) is 5.75 Å². The standard InChI is InChI=1S/C8H14OS/c1-8(9)4-7-10-5-2-3-6-10/h2-3,5-6,8-10H,4,7H2,1H3. The zero-order chi connectivity index (χ0) is 7.40. The predicted molar refractivity (Wildman–Crippen MR) is 48.4 cm³/mol. The Labute approximate surface area is 64.8 Å². The molecular weight excluding hydrogens is 144 g/mol. The monoisotopic (exact) mass is 158 g/mol. The van der Waals surface area contributed by atoms with Crippen LogP contribution in [0.25, 0.3) is 0 Å². The van der Waals surface area contributed by atoms with E-state index in [9.17, 15) is 0 Å². The molecule has 0 fully saturated rings. The fourth-order valence-electron chi connectivity index (χ4n) is 0.855. The van der Waals surface area contributed by atoms with Crippen LogP contribution >= 0.6 is 10.9 Å². The minimum Gasteiger partial charge on any atom is -0.393 e. The molecule has 0 aromatic heterocycles. The summed E-state index contributed by atoms with van der Waals surface area (Å²) in [5, 5.41) is 13.4. The topological polar surface area (TPSA) is 20.2 Å². The van der Waals surface area contributed by atoms with Crippen molar-refractivity contribution in [1.82, 2.24) is 0 Å². The van der Waals surface area contributed by atoms with E-state index in [1.165, 1.54) is 0 Å². The van der Waals surface area contributed by atoms with Gasteiger partial charge < -0.3 is 5.11 Å². The van der Waals surface area contributed by atoms with Gasteiger partial charge in [-0.1, -0.05) is 12.2 Å². The average molecular weight is 158 g/mol. The predicted octanol–water partition coefficient (Wildman–Crippen LogP) is 1.80. The van der Waals surface area contributed by atoms with Gasteiger partial charge in [0, 0.05) is 0 Å². The first kappa shape index (κ1) is 7.89. The third-order valence-corrected chi connectivity index (χ3v) is 3.36. The first-order valence-corrected chi connectivity index (χ1v) is 5.24. The molecule has 1 aliphatic heterocycles. The van der Waals surface area contributed by atoms with E-state index in [1.807, 2.05) is 6.92 Å². The number of aliphatic hydroxyl groups excluding tert-OH is 1. The zero-order valence-electron chi connectivity index (χ0n) is 6.20. The van der Waals surface area contributed by atoms with E-state index in [1.54, 1.807) is 0 Å². The van der Waals surface area contributed by atoms with E-state index < -0.39 is 0 Å². The molecule has 0 saturated heterocycles. The van der Waals surface area contributed by atoms with Crippen molar-refractivity contribution < 1.29 is 5.11 Å². The molecule has 58 valence electrons. The second-order valence-corrected chi connectivity index (χ2v) is 4.63. The van der Waals surface area contributed by atoms with Crippen molar-refractivity contribution in [3.8, 4) is 0 Å². The molecule has 0 aromatic rings. The molecule has 10 heavy (non-hydrogen) atoms. The van der Waals surface area contributed by atoms with E-state index >= 15 is 0 Å². The van der Waals surface area contributed by atoms with Gasteiger partial charge in [0.1, 0.15) is 0 Å². The van der Waals surface area contributed by atoms with E-state index in [2.05, 4.69) is 23.0 Å². The minimum absolute atomic E-state index is 0.00127. The van der Waals surface area contributed by atoms with Crippen molar-refractivity contribution in [3.05, 3.63) is 23.0 Å². The molecule has 0 amide bonds. The molecule has 1 N–H and O–H groups in total. The molecule has 0 aromatic carbocycles. The molecule has 0 bridgehead atoms. The summed E-state index contributed by atoms with van der Waals surface area (Å²) in [7, 11) is 0.00127. The van der Waals surface area contributed by atoms with Crippen molar-refractivity contribution in [1.29, 1.82) is 0 Å². The maximum absolute atomic E-state index is 8.97. The summed E-state index contributed by atoms with van der Waals surface area (Å²) in [6.07, 6.45) is 4.98. The van der Waals surface area contributed by atoms with Gasteiger partial charge in [0.05, 0.1) is 6.10 Å². The van der Waals surface area contributed by atoms with Gasteiger partial charge in [-0.15, -0.1) is 0 Å². The number of allylic oxidation sites excluding steroid dienone is 2. The fourth-order valence-corrected chi connectivity index (χ4v) is 2.57. The molecule has 0 spiro atoms. The lowest BCUT2D eigenvalue weighted by molar-refractivity contribution is 0.192. The minimum atomic E-state index is -0.134. The highest BCUT2D eigenvalue weighted by Gasteiger charge is 2.00. The number of hydrogen-bond donors (Lipinski definition) is 2. The Morgan fingerprint density at radius 3 is 2.50 bits per heavy atom. The smallest absolute Gasteiger partial charge is 0.0519 e. The summed E-state index contributed by atoms with van der Waals surface area (Å²) < 4.78 is 0. The second-order valence-electron chi connectivity index (χ2n) is 2.56. The van der Waals surface area contributed by atoms with E-state index in [0.29, 0.717) is 0 Å². The van der Waals surface area contributed by atoms with Crippen LogP contribution in [0.3, 0.4) is 0 Å². The molecule has 0 saturated carbocycles. The van der Waals surface area contributed by atoms with Gasteiger partial charge >= 0.3 is 0 Å². The second kappa shape index (κ2) is 3.84. The van der Waals surface area contributed by atoms with E-state index in [0.717, 1.165) is 12.2 Å². The maximum atomic E-state index is 8.97. The van der Waals surface area contributed by atoms with Crippen LogP contribution in [0.5, 0.6) is 0 Å². The van der Waals surface area contributed by atoms with Crippen molar-refractivity contribution in [2.45, 2.75) is 19.4 Å².